The number of rotatable bonds is 4. The zero-order valence-electron chi connectivity index (χ0n) is 14.7. The first-order valence-electron chi connectivity index (χ1n) is 8.73. The van der Waals surface area contributed by atoms with Crippen molar-refractivity contribution in [2.24, 2.45) is 0 Å². The predicted molar refractivity (Wildman–Crippen MR) is 100 cm³/mol. The first kappa shape index (κ1) is 17.7. The van der Waals surface area contributed by atoms with Crippen LogP contribution in [0.5, 0.6) is 0 Å². The van der Waals surface area contributed by atoms with Crippen molar-refractivity contribution in [3.63, 3.8) is 0 Å². The zero-order valence-corrected chi connectivity index (χ0v) is 15.4. The van der Waals surface area contributed by atoms with Gasteiger partial charge in [0.15, 0.2) is 0 Å². The molecule has 0 N–H and O–H groups in total. The fourth-order valence-electron chi connectivity index (χ4n) is 3.19. The van der Waals surface area contributed by atoms with Gasteiger partial charge in [-0.25, -0.2) is 4.39 Å². The van der Waals surface area contributed by atoms with Gasteiger partial charge in [-0.2, -0.15) is 4.98 Å². The van der Waals surface area contributed by atoms with Crippen molar-refractivity contribution in [2.45, 2.75) is 25.7 Å². The Kier molecular flexibility index (Phi) is 4.66. The van der Waals surface area contributed by atoms with Crippen LogP contribution in [0.15, 0.2) is 47.0 Å². The van der Waals surface area contributed by atoms with Gasteiger partial charge in [0.2, 0.25) is 17.6 Å². The summed E-state index contributed by atoms with van der Waals surface area (Å²) in [7, 11) is 0. The number of nitrogens with zero attached hydrogens (tertiary/aromatic N) is 3. The fraction of sp³-hybridized carbons (Fsp3) is 0.250. The molecule has 1 saturated heterocycles. The highest BCUT2D eigenvalue weighted by Gasteiger charge is 2.35. The first-order valence-corrected chi connectivity index (χ1v) is 9.11. The molecule has 1 atom stereocenters. The number of hydrogen-bond donors (Lipinski definition) is 0. The average molecular weight is 386 g/mol. The molecule has 1 aliphatic heterocycles. The molecule has 1 aliphatic rings. The van der Waals surface area contributed by atoms with E-state index in [1.165, 1.54) is 23.8 Å². The van der Waals surface area contributed by atoms with Crippen LogP contribution in [0.4, 0.5) is 10.1 Å². The van der Waals surface area contributed by atoms with Crippen molar-refractivity contribution >= 4 is 23.2 Å². The van der Waals surface area contributed by atoms with Gasteiger partial charge in [0.25, 0.3) is 0 Å². The van der Waals surface area contributed by atoms with Crippen LogP contribution in [0.1, 0.15) is 30.7 Å². The van der Waals surface area contributed by atoms with Gasteiger partial charge in [-0.05, 0) is 42.3 Å². The topological polar surface area (TPSA) is 59.2 Å². The highest BCUT2D eigenvalue weighted by Crippen LogP contribution is 2.32. The molecule has 0 aliphatic carbocycles. The maximum Gasteiger partial charge on any atom is 0.232 e. The number of hydrogen-bond acceptors (Lipinski definition) is 4. The second kappa shape index (κ2) is 7.12. The number of carbonyl (C=O) groups excluding carboxylic acids is 1. The molecule has 5 nitrogen and oxygen atoms in total. The molecule has 1 fully saturated rings. The van der Waals surface area contributed by atoms with Gasteiger partial charge in [0.05, 0.1) is 10.9 Å². The number of aryl methyl sites for hydroxylation is 1. The maximum absolute atomic E-state index is 13.3. The van der Waals surface area contributed by atoms with Crippen molar-refractivity contribution in [3.8, 4) is 11.4 Å². The lowest BCUT2D eigenvalue weighted by Gasteiger charge is -2.16. The molecule has 7 heteroatoms. The lowest BCUT2D eigenvalue weighted by atomic mass is 10.1. The van der Waals surface area contributed by atoms with Crippen LogP contribution in [0.25, 0.3) is 11.4 Å². The zero-order chi connectivity index (χ0) is 19.0. The van der Waals surface area contributed by atoms with Crippen LogP contribution in [0.3, 0.4) is 0 Å². The highest BCUT2D eigenvalue weighted by molar-refractivity contribution is 6.31. The van der Waals surface area contributed by atoms with E-state index in [0.29, 0.717) is 30.2 Å². The fourth-order valence-corrected chi connectivity index (χ4v) is 3.37. The molecule has 0 bridgehead atoms. The normalized spacial score (nSPS) is 16.9. The largest absolute Gasteiger partial charge is 0.339 e. The number of anilines is 1. The number of aromatic nitrogens is 2. The molecule has 1 unspecified atom stereocenters. The molecule has 27 heavy (non-hydrogen) atoms. The Balaban J connectivity index is 1.53. The van der Waals surface area contributed by atoms with Crippen molar-refractivity contribution in [2.75, 3.05) is 11.4 Å². The van der Waals surface area contributed by atoms with Crippen molar-refractivity contribution < 1.29 is 13.7 Å². The number of amides is 1. The molecule has 3 aromatic rings. The molecular weight excluding hydrogens is 369 g/mol. The van der Waals surface area contributed by atoms with Crippen LogP contribution in [0, 0.1) is 5.82 Å². The van der Waals surface area contributed by atoms with Crippen molar-refractivity contribution in [3.05, 3.63) is 64.8 Å². The SMILES string of the molecule is CCc1ccc(N2CC(c3nc(-c4ccc(F)c(Cl)c4)no3)CC2=O)cc1. The van der Waals surface area contributed by atoms with Gasteiger partial charge in [-0.1, -0.05) is 35.8 Å². The second-order valence-electron chi connectivity index (χ2n) is 6.51. The smallest absolute Gasteiger partial charge is 0.232 e. The Bertz CT molecular complexity index is 987. The van der Waals surface area contributed by atoms with E-state index < -0.39 is 5.82 Å². The molecule has 1 amide bonds. The van der Waals surface area contributed by atoms with Crippen molar-refractivity contribution in [1.29, 1.82) is 0 Å². The van der Waals surface area contributed by atoms with E-state index >= 15 is 0 Å². The van der Waals surface area contributed by atoms with Crippen LogP contribution < -0.4 is 4.90 Å². The molecule has 138 valence electrons. The third kappa shape index (κ3) is 3.45. The third-order valence-electron chi connectivity index (χ3n) is 4.75. The third-order valence-corrected chi connectivity index (χ3v) is 5.04. The van der Waals surface area contributed by atoms with E-state index in [1.807, 2.05) is 24.3 Å². The second-order valence-corrected chi connectivity index (χ2v) is 6.92. The molecule has 0 saturated carbocycles. The Hall–Kier alpha value is -2.73. The monoisotopic (exact) mass is 385 g/mol. The minimum Gasteiger partial charge on any atom is -0.339 e. The summed E-state index contributed by atoms with van der Waals surface area (Å²) in [5.41, 5.74) is 2.65. The van der Waals surface area contributed by atoms with E-state index in [1.54, 1.807) is 4.90 Å². The molecule has 0 spiro atoms. The lowest BCUT2D eigenvalue weighted by Crippen LogP contribution is -2.24. The van der Waals surface area contributed by atoms with Gasteiger partial charge in [-0.3, -0.25) is 4.79 Å². The molecule has 1 aromatic heterocycles. The van der Waals surface area contributed by atoms with E-state index in [-0.39, 0.29) is 16.8 Å². The predicted octanol–water partition coefficient (Wildman–Crippen LogP) is 4.61. The average Bonchev–Trinajstić information content (AvgIpc) is 3.31. The summed E-state index contributed by atoms with van der Waals surface area (Å²) >= 11 is 5.81. The van der Waals surface area contributed by atoms with Gasteiger partial charge in [-0.15, -0.1) is 0 Å². The molecule has 0 radical (unpaired) electrons. The summed E-state index contributed by atoms with van der Waals surface area (Å²) in [6.07, 6.45) is 1.26. The summed E-state index contributed by atoms with van der Waals surface area (Å²) in [6, 6.07) is 12.2. The van der Waals surface area contributed by atoms with Crippen LogP contribution in [0.2, 0.25) is 5.02 Å². The molecule has 4 rings (SSSR count). The van der Waals surface area contributed by atoms with E-state index in [0.717, 1.165) is 12.1 Å². The molecule has 2 heterocycles. The number of carbonyl (C=O) groups is 1. The maximum atomic E-state index is 13.3. The number of halogens is 2. The molecular formula is C20H17ClFN3O2. The van der Waals surface area contributed by atoms with E-state index in [4.69, 9.17) is 16.1 Å². The molecule has 2 aromatic carbocycles. The van der Waals surface area contributed by atoms with E-state index in [9.17, 15) is 9.18 Å². The van der Waals surface area contributed by atoms with Crippen LogP contribution >= 0.6 is 11.6 Å². The Labute approximate surface area is 160 Å². The van der Waals surface area contributed by atoms with Gasteiger partial charge in [0.1, 0.15) is 5.82 Å². The quantitative estimate of drug-likeness (QED) is 0.658. The Morgan fingerprint density at radius 1 is 1.26 bits per heavy atom. The van der Waals surface area contributed by atoms with Gasteiger partial charge < -0.3 is 9.42 Å². The van der Waals surface area contributed by atoms with Crippen molar-refractivity contribution in [1.82, 2.24) is 10.1 Å². The summed E-state index contributed by atoms with van der Waals surface area (Å²) in [5.74, 6) is 0.0566. The minimum absolute atomic E-state index is 0.00315. The van der Waals surface area contributed by atoms with Crippen LogP contribution in [-0.2, 0) is 11.2 Å². The minimum atomic E-state index is -0.504. The summed E-state index contributed by atoms with van der Waals surface area (Å²) in [4.78, 5) is 18.6. The van der Waals surface area contributed by atoms with Gasteiger partial charge >= 0.3 is 0 Å². The summed E-state index contributed by atoms with van der Waals surface area (Å²) in [6.45, 7) is 2.57. The van der Waals surface area contributed by atoms with Gasteiger partial charge in [0, 0.05) is 24.2 Å². The Morgan fingerprint density at radius 3 is 2.74 bits per heavy atom. The standard InChI is InChI=1S/C20H17ClFN3O2/c1-2-12-3-6-15(7-4-12)25-11-14(10-18(25)26)20-23-19(24-27-20)13-5-8-17(22)16(21)9-13/h3-9,14H,2,10-11H2,1H3. The summed E-state index contributed by atoms with van der Waals surface area (Å²) < 4.78 is 18.7. The number of benzene rings is 2. The van der Waals surface area contributed by atoms with E-state index in [2.05, 4.69) is 17.1 Å². The summed E-state index contributed by atoms with van der Waals surface area (Å²) in [5, 5.41) is 3.95. The Morgan fingerprint density at radius 2 is 2.04 bits per heavy atom. The van der Waals surface area contributed by atoms with Crippen LogP contribution in [-0.4, -0.2) is 22.6 Å². The highest BCUT2D eigenvalue weighted by atomic mass is 35.5. The lowest BCUT2D eigenvalue weighted by molar-refractivity contribution is -0.117. The first-order chi connectivity index (χ1) is 13.0.